The van der Waals surface area contributed by atoms with Crippen LogP contribution in [0.5, 0.6) is 0 Å². The third-order valence-corrected chi connectivity index (χ3v) is 7.42. The lowest BCUT2D eigenvalue weighted by atomic mass is 10.1. The van der Waals surface area contributed by atoms with E-state index in [9.17, 15) is 12.8 Å². The number of benzene rings is 2. The second-order valence-electron chi connectivity index (χ2n) is 8.21. The topological polar surface area (TPSA) is 81.3 Å². The van der Waals surface area contributed by atoms with Crippen molar-refractivity contribution in [1.82, 2.24) is 18.9 Å². The van der Waals surface area contributed by atoms with Crippen molar-refractivity contribution in [2.24, 2.45) is 0 Å². The Bertz CT molecular complexity index is 1660. The van der Waals surface area contributed by atoms with Crippen LogP contribution in [0.15, 0.2) is 84.1 Å². The zero-order valence-corrected chi connectivity index (χ0v) is 18.8. The highest BCUT2D eigenvalue weighted by Crippen LogP contribution is 2.36. The molecule has 0 saturated heterocycles. The molecule has 0 saturated carbocycles. The summed E-state index contributed by atoms with van der Waals surface area (Å²) in [6.07, 6.45) is 7.61. The Labute approximate surface area is 195 Å². The van der Waals surface area contributed by atoms with Gasteiger partial charge in [0.1, 0.15) is 22.2 Å². The molecule has 3 aromatic heterocycles. The molecule has 6 rings (SSSR count). The smallest absolute Gasteiger partial charge is 0.264 e. The van der Waals surface area contributed by atoms with Gasteiger partial charge in [0.15, 0.2) is 0 Å². The third kappa shape index (κ3) is 3.45. The lowest BCUT2D eigenvalue weighted by molar-refractivity contribution is 0.570. The van der Waals surface area contributed by atoms with Crippen molar-refractivity contribution in [3.8, 4) is 22.5 Å². The fourth-order valence-corrected chi connectivity index (χ4v) is 5.61. The molecule has 0 unspecified atom stereocenters. The average molecular weight is 474 g/mol. The molecule has 1 aliphatic heterocycles. The van der Waals surface area contributed by atoms with E-state index >= 15 is 0 Å². The Kier molecular flexibility index (Phi) is 4.73. The maximum Gasteiger partial charge on any atom is 0.264 e. The number of imidazole rings is 2. The Morgan fingerprint density at radius 3 is 2.76 bits per heavy atom. The van der Waals surface area contributed by atoms with E-state index in [0.29, 0.717) is 5.69 Å². The summed E-state index contributed by atoms with van der Waals surface area (Å²) in [5.74, 6) is 0.210. The minimum atomic E-state index is -4.08. The van der Waals surface area contributed by atoms with Crippen molar-refractivity contribution >= 4 is 21.4 Å². The Morgan fingerprint density at radius 2 is 1.88 bits per heavy atom. The number of hydrogen-bond donors (Lipinski definition) is 1. The Morgan fingerprint density at radius 1 is 1.00 bits per heavy atom. The van der Waals surface area contributed by atoms with E-state index in [2.05, 4.69) is 14.3 Å². The molecule has 1 N–H and O–H groups in total. The summed E-state index contributed by atoms with van der Waals surface area (Å²) >= 11 is 0. The van der Waals surface area contributed by atoms with E-state index < -0.39 is 20.7 Å². The summed E-state index contributed by atoms with van der Waals surface area (Å²) < 4.78 is 46.4. The molecular weight excluding hydrogens is 453 g/mol. The van der Waals surface area contributed by atoms with Gasteiger partial charge in [0.05, 0.1) is 11.4 Å². The monoisotopic (exact) mass is 473 g/mol. The van der Waals surface area contributed by atoms with Crippen molar-refractivity contribution in [2.75, 3.05) is 4.72 Å². The molecule has 170 valence electrons. The van der Waals surface area contributed by atoms with Crippen LogP contribution in [0.4, 0.5) is 10.1 Å². The van der Waals surface area contributed by atoms with Crippen LogP contribution in [0, 0.1) is 5.82 Å². The minimum absolute atomic E-state index is 0.338. The van der Waals surface area contributed by atoms with Crippen LogP contribution in [0.1, 0.15) is 12.2 Å². The van der Waals surface area contributed by atoms with E-state index in [0.717, 1.165) is 59.4 Å². The van der Waals surface area contributed by atoms with Gasteiger partial charge in [0.25, 0.3) is 10.0 Å². The van der Waals surface area contributed by atoms with Crippen molar-refractivity contribution in [2.45, 2.75) is 24.3 Å². The summed E-state index contributed by atoms with van der Waals surface area (Å²) in [6, 6.07) is 16.3. The highest BCUT2D eigenvalue weighted by molar-refractivity contribution is 7.92. The molecule has 0 aliphatic carbocycles. The van der Waals surface area contributed by atoms with Crippen LogP contribution in [0.3, 0.4) is 0 Å². The molecule has 0 spiro atoms. The number of aromatic nitrogens is 4. The second kappa shape index (κ2) is 7.81. The first-order valence-electron chi connectivity index (χ1n) is 10.9. The number of hydrogen-bond acceptors (Lipinski definition) is 4. The molecule has 0 atom stereocenters. The Balaban J connectivity index is 1.43. The van der Waals surface area contributed by atoms with E-state index in [1.807, 2.05) is 35.0 Å². The van der Waals surface area contributed by atoms with E-state index in [1.54, 1.807) is 24.4 Å². The number of sulfonamides is 1. The summed E-state index contributed by atoms with van der Waals surface area (Å²) in [4.78, 5) is 8.84. The maximum absolute atomic E-state index is 14.1. The number of aryl methyl sites for hydroxylation is 1. The van der Waals surface area contributed by atoms with Gasteiger partial charge >= 0.3 is 0 Å². The molecule has 0 radical (unpaired) electrons. The number of nitrogens with zero attached hydrogens (tertiary/aromatic N) is 4. The fourth-order valence-electron chi connectivity index (χ4n) is 4.48. The van der Waals surface area contributed by atoms with Gasteiger partial charge in [0.2, 0.25) is 0 Å². The van der Waals surface area contributed by atoms with Crippen LogP contribution >= 0.6 is 0 Å². The van der Waals surface area contributed by atoms with Gasteiger partial charge in [-0.15, -0.1) is 0 Å². The predicted octanol–water partition coefficient (Wildman–Crippen LogP) is 4.75. The molecule has 7 nitrogen and oxygen atoms in total. The molecule has 0 fully saturated rings. The zero-order valence-electron chi connectivity index (χ0n) is 18.0. The van der Waals surface area contributed by atoms with E-state index in [1.165, 1.54) is 18.2 Å². The number of rotatable bonds is 5. The molecule has 0 amide bonds. The molecule has 9 heteroatoms. The maximum atomic E-state index is 14.1. The van der Waals surface area contributed by atoms with Crippen molar-refractivity contribution in [3.63, 3.8) is 0 Å². The van der Waals surface area contributed by atoms with Gasteiger partial charge in [-0.05, 0) is 42.8 Å². The summed E-state index contributed by atoms with van der Waals surface area (Å²) in [6.45, 7) is 0.874. The Hall–Kier alpha value is -3.98. The summed E-state index contributed by atoms with van der Waals surface area (Å²) in [5.41, 5.74) is 4.73. The second-order valence-corrected chi connectivity index (χ2v) is 9.86. The van der Waals surface area contributed by atoms with Crippen molar-refractivity contribution in [1.29, 1.82) is 0 Å². The number of anilines is 1. The first-order chi connectivity index (χ1) is 16.5. The van der Waals surface area contributed by atoms with Gasteiger partial charge < -0.3 is 8.97 Å². The first-order valence-corrected chi connectivity index (χ1v) is 12.4. The molecule has 34 heavy (non-hydrogen) atoms. The molecule has 4 heterocycles. The van der Waals surface area contributed by atoms with Crippen LogP contribution in [0.25, 0.3) is 28.2 Å². The molecule has 2 aromatic carbocycles. The highest BCUT2D eigenvalue weighted by atomic mass is 32.2. The summed E-state index contributed by atoms with van der Waals surface area (Å²) in [7, 11) is -4.08. The summed E-state index contributed by atoms with van der Waals surface area (Å²) in [5, 5.41) is 0. The van der Waals surface area contributed by atoms with Crippen molar-refractivity contribution < 1.29 is 12.8 Å². The standard InChI is InChI=1S/C25H20FN5O2S/c26-20-7-1-2-8-21(20)34(32,33)29-19-6-3-5-17(15-19)24-25(31-13-4-9-23(31)28-24)18-10-11-22-27-12-14-30(22)16-18/h1-3,5-8,10-12,14-16,29H,4,9,13H2. The van der Waals surface area contributed by atoms with E-state index in [-0.39, 0.29) is 0 Å². The van der Waals surface area contributed by atoms with Gasteiger partial charge in [-0.3, -0.25) is 4.72 Å². The lowest BCUT2D eigenvalue weighted by Crippen LogP contribution is -2.14. The number of halogens is 1. The fraction of sp³-hybridized carbons (Fsp3) is 0.120. The minimum Gasteiger partial charge on any atom is -0.327 e. The number of nitrogens with one attached hydrogen (secondary N) is 1. The predicted molar refractivity (Wildman–Crippen MR) is 127 cm³/mol. The van der Waals surface area contributed by atoms with Crippen LogP contribution in [-0.4, -0.2) is 27.4 Å². The lowest BCUT2D eigenvalue weighted by Gasteiger charge is -2.12. The normalized spacial score (nSPS) is 13.3. The van der Waals surface area contributed by atoms with Gasteiger partial charge in [0, 0.05) is 48.4 Å². The molecule has 1 aliphatic rings. The van der Waals surface area contributed by atoms with Crippen LogP contribution < -0.4 is 4.72 Å². The quantitative estimate of drug-likeness (QED) is 0.399. The van der Waals surface area contributed by atoms with E-state index in [4.69, 9.17) is 4.98 Å². The van der Waals surface area contributed by atoms with Crippen molar-refractivity contribution in [3.05, 3.63) is 90.9 Å². The largest absolute Gasteiger partial charge is 0.327 e. The van der Waals surface area contributed by atoms with Gasteiger partial charge in [-0.1, -0.05) is 24.3 Å². The highest BCUT2D eigenvalue weighted by Gasteiger charge is 2.24. The number of pyridine rings is 1. The molecular formula is C25H20FN5O2S. The third-order valence-electron chi connectivity index (χ3n) is 6.01. The molecule has 5 aromatic rings. The van der Waals surface area contributed by atoms with Gasteiger partial charge in [-0.2, -0.15) is 0 Å². The van der Waals surface area contributed by atoms with Gasteiger partial charge in [-0.25, -0.2) is 22.8 Å². The SMILES string of the molecule is O=S(=O)(Nc1cccc(-c2nc3n(c2-c2ccc4nccn4c2)CCC3)c1)c1ccccc1F. The van der Waals surface area contributed by atoms with Crippen LogP contribution in [-0.2, 0) is 23.0 Å². The van der Waals surface area contributed by atoms with Crippen LogP contribution in [0.2, 0.25) is 0 Å². The number of fused-ring (bicyclic) bond motifs is 2. The first kappa shape index (κ1) is 20.6. The average Bonchev–Trinajstić information content (AvgIpc) is 3.54. The zero-order chi connectivity index (χ0) is 23.3. The molecule has 0 bridgehead atoms.